The normalized spacial score (nSPS) is 10.3. The summed E-state index contributed by atoms with van der Waals surface area (Å²) in [6.07, 6.45) is 3.03. The average molecular weight is 363 g/mol. The van der Waals surface area contributed by atoms with Crippen molar-refractivity contribution in [2.24, 2.45) is 0 Å². The zero-order chi connectivity index (χ0) is 19.2. The zero-order valence-corrected chi connectivity index (χ0v) is 14.2. The van der Waals surface area contributed by atoms with E-state index in [1.165, 1.54) is 6.20 Å². The fourth-order valence-electron chi connectivity index (χ4n) is 2.55. The summed E-state index contributed by atoms with van der Waals surface area (Å²) in [4.78, 5) is 27.8. The standard InChI is InChI=1S/C20H17N3O4/c24-18-4-2-1-3-17(18)15-9-16(12-21-11-15)19(25)22-10-13-5-7-14(8-6-13)20(26)23-27/h1-9,11-12,24,27H,10H2,(H,22,25)(H,23,26). The third-order valence-electron chi connectivity index (χ3n) is 3.99. The molecule has 136 valence electrons. The maximum atomic E-state index is 12.4. The molecule has 0 bridgehead atoms. The van der Waals surface area contributed by atoms with Gasteiger partial charge in [0.15, 0.2) is 0 Å². The van der Waals surface area contributed by atoms with Crippen molar-refractivity contribution in [2.75, 3.05) is 0 Å². The molecule has 0 radical (unpaired) electrons. The van der Waals surface area contributed by atoms with Crippen LogP contribution in [-0.2, 0) is 6.54 Å². The number of aromatic nitrogens is 1. The monoisotopic (exact) mass is 363 g/mol. The minimum absolute atomic E-state index is 0.115. The molecule has 27 heavy (non-hydrogen) atoms. The number of nitrogens with one attached hydrogen (secondary N) is 2. The first kappa shape index (κ1) is 18.1. The van der Waals surface area contributed by atoms with Crippen LogP contribution in [0.3, 0.4) is 0 Å². The molecule has 0 aliphatic heterocycles. The Labute approximate surface area is 155 Å². The van der Waals surface area contributed by atoms with Gasteiger partial charge in [-0.05, 0) is 29.8 Å². The van der Waals surface area contributed by atoms with Crippen LogP contribution in [0.25, 0.3) is 11.1 Å². The fourth-order valence-corrected chi connectivity index (χ4v) is 2.55. The first-order valence-electron chi connectivity index (χ1n) is 8.13. The Morgan fingerprint density at radius 2 is 1.67 bits per heavy atom. The highest BCUT2D eigenvalue weighted by Crippen LogP contribution is 2.28. The first-order chi connectivity index (χ1) is 13.1. The number of phenols is 1. The van der Waals surface area contributed by atoms with Crippen molar-refractivity contribution in [3.05, 3.63) is 83.7 Å². The Morgan fingerprint density at radius 3 is 2.37 bits per heavy atom. The van der Waals surface area contributed by atoms with Gasteiger partial charge in [-0.1, -0.05) is 30.3 Å². The SMILES string of the molecule is O=C(NO)c1ccc(CNC(=O)c2cncc(-c3ccccc3O)c2)cc1. The number of benzene rings is 2. The average Bonchev–Trinajstić information content (AvgIpc) is 2.72. The van der Waals surface area contributed by atoms with E-state index in [2.05, 4.69) is 10.3 Å². The number of nitrogens with zero attached hydrogens (tertiary/aromatic N) is 1. The van der Waals surface area contributed by atoms with E-state index in [4.69, 9.17) is 5.21 Å². The van der Waals surface area contributed by atoms with Crippen molar-refractivity contribution >= 4 is 11.8 Å². The Balaban J connectivity index is 1.69. The molecule has 3 aromatic rings. The predicted octanol–water partition coefficient (Wildman–Crippen LogP) is 2.50. The Hall–Kier alpha value is -3.71. The van der Waals surface area contributed by atoms with Crippen LogP contribution in [0, 0.1) is 0 Å². The van der Waals surface area contributed by atoms with Gasteiger partial charge in [0.25, 0.3) is 11.8 Å². The van der Waals surface area contributed by atoms with Gasteiger partial charge in [0.2, 0.25) is 0 Å². The Bertz CT molecular complexity index is 971. The largest absolute Gasteiger partial charge is 0.507 e. The van der Waals surface area contributed by atoms with Crippen molar-refractivity contribution < 1.29 is 19.9 Å². The number of carbonyl (C=O) groups is 2. The summed E-state index contributed by atoms with van der Waals surface area (Å²) in [5.41, 5.74) is 4.27. The molecule has 0 unspecified atom stereocenters. The van der Waals surface area contributed by atoms with Gasteiger partial charge in [-0.2, -0.15) is 0 Å². The first-order valence-corrected chi connectivity index (χ1v) is 8.13. The molecular weight excluding hydrogens is 346 g/mol. The van der Waals surface area contributed by atoms with Crippen LogP contribution in [0.2, 0.25) is 0 Å². The number of hydrogen-bond donors (Lipinski definition) is 4. The predicted molar refractivity (Wildman–Crippen MR) is 98.2 cm³/mol. The topological polar surface area (TPSA) is 112 Å². The summed E-state index contributed by atoms with van der Waals surface area (Å²) < 4.78 is 0. The van der Waals surface area contributed by atoms with E-state index < -0.39 is 5.91 Å². The number of rotatable bonds is 5. The van der Waals surface area contributed by atoms with Gasteiger partial charge in [-0.3, -0.25) is 19.8 Å². The van der Waals surface area contributed by atoms with Crippen molar-refractivity contribution in [3.8, 4) is 16.9 Å². The maximum Gasteiger partial charge on any atom is 0.274 e. The molecule has 3 rings (SSSR count). The van der Waals surface area contributed by atoms with Gasteiger partial charge in [0.1, 0.15) is 5.75 Å². The van der Waals surface area contributed by atoms with Crippen molar-refractivity contribution in [3.63, 3.8) is 0 Å². The van der Waals surface area contributed by atoms with E-state index in [0.717, 1.165) is 5.56 Å². The van der Waals surface area contributed by atoms with Crippen molar-refractivity contribution in [1.82, 2.24) is 15.8 Å². The third kappa shape index (κ3) is 4.28. The molecule has 0 atom stereocenters. The molecule has 2 aromatic carbocycles. The van der Waals surface area contributed by atoms with Crippen LogP contribution in [0.4, 0.5) is 0 Å². The van der Waals surface area contributed by atoms with Gasteiger partial charge >= 0.3 is 0 Å². The number of hydrogen-bond acceptors (Lipinski definition) is 5. The van der Waals surface area contributed by atoms with Gasteiger partial charge in [-0.15, -0.1) is 0 Å². The van der Waals surface area contributed by atoms with E-state index in [-0.39, 0.29) is 18.2 Å². The van der Waals surface area contributed by atoms with Gasteiger partial charge in [0, 0.05) is 35.6 Å². The molecule has 0 aliphatic carbocycles. The van der Waals surface area contributed by atoms with E-state index >= 15 is 0 Å². The number of carbonyl (C=O) groups excluding carboxylic acids is 2. The lowest BCUT2D eigenvalue weighted by Gasteiger charge is -2.08. The molecule has 0 saturated carbocycles. The number of para-hydroxylation sites is 1. The second-order valence-corrected chi connectivity index (χ2v) is 5.80. The maximum absolute atomic E-state index is 12.4. The highest BCUT2D eigenvalue weighted by atomic mass is 16.5. The highest BCUT2D eigenvalue weighted by molar-refractivity contribution is 5.95. The number of phenolic OH excluding ortho intramolecular Hbond substituents is 1. The summed E-state index contributed by atoms with van der Waals surface area (Å²) in [7, 11) is 0. The lowest BCUT2D eigenvalue weighted by molar-refractivity contribution is 0.0706. The van der Waals surface area contributed by atoms with Crippen LogP contribution in [0.5, 0.6) is 5.75 Å². The van der Waals surface area contributed by atoms with Crippen LogP contribution in [-0.4, -0.2) is 27.1 Å². The third-order valence-corrected chi connectivity index (χ3v) is 3.99. The molecule has 0 fully saturated rings. The molecule has 0 aliphatic rings. The highest BCUT2D eigenvalue weighted by Gasteiger charge is 2.10. The molecule has 7 nitrogen and oxygen atoms in total. The molecule has 0 saturated heterocycles. The number of aromatic hydroxyl groups is 1. The van der Waals surface area contributed by atoms with Crippen LogP contribution in [0.15, 0.2) is 67.0 Å². The minimum atomic E-state index is -0.599. The number of amides is 2. The molecule has 1 heterocycles. The molecule has 0 spiro atoms. The second kappa shape index (κ2) is 8.11. The van der Waals surface area contributed by atoms with E-state index in [9.17, 15) is 14.7 Å². The summed E-state index contributed by atoms with van der Waals surface area (Å²) in [5, 5.41) is 21.3. The van der Waals surface area contributed by atoms with E-state index in [0.29, 0.717) is 22.3 Å². The van der Waals surface area contributed by atoms with Crippen molar-refractivity contribution in [1.29, 1.82) is 0 Å². The van der Waals surface area contributed by atoms with E-state index in [1.807, 2.05) is 0 Å². The van der Waals surface area contributed by atoms with E-state index in [1.54, 1.807) is 66.3 Å². The number of pyridine rings is 1. The molecular formula is C20H17N3O4. The Kier molecular flexibility index (Phi) is 5.44. The van der Waals surface area contributed by atoms with Crippen LogP contribution < -0.4 is 10.8 Å². The lowest BCUT2D eigenvalue weighted by atomic mass is 10.0. The van der Waals surface area contributed by atoms with Gasteiger partial charge in [-0.25, -0.2) is 5.48 Å². The fraction of sp³-hybridized carbons (Fsp3) is 0.0500. The zero-order valence-electron chi connectivity index (χ0n) is 14.2. The lowest BCUT2D eigenvalue weighted by Crippen LogP contribution is -2.23. The smallest absolute Gasteiger partial charge is 0.274 e. The summed E-state index contributed by atoms with van der Waals surface area (Å²) in [6.45, 7) is 0.265. The van der Waals surface area contributed by atoms with Crippen LogP contribution in [0.1, 0.15) is 26.3 Å². The van der Waals surface area contributed by atoms with Crippen molar-refractivity contribution in [2.45, 2.75) is 6.54 Å². The second-order valence-electron chi connectivity index (χ2n) is 5.80. The summed E-state index contributed by atoms with van der Waals surface area (Å²) in [5.74, 6) is -0.793. The van der Waals surface area contributed by atoms with Gasteiger partial charge < -0.3 is 10.4 Å². The molecule has 2 amide bonds. The van der Waals surface area contributed by atoms with Gasteiger partial charge in [0.05, 0.1) is 5.56 Å². The molecule has 4 N–H and O–H groups in total. The molecule has 7 heteroatoms. The minimum Gasteiger partial charge on any atom is -0.507 e. The number of hydroxylamine groups is 1. The quantitative estimate of drug-likeness (QED) is 0.411. The summed E-state index contributed by atoms with van der Waals surface area (Å²) >= 11 is 0. The molecule has 1 aromatic heterocycles. The summed E-state index contributed by atoms with van der Waals surface area (Å²) in [6, 6.07) is 15.0. The van der Waals surface area contributed by atoms with Crippen LogP contribution >= 0.6 is 0 Å². The Morgan fingerprint density at radius 1 is 0.926 bits per heavy atom.